The van der Waals surface area contributed by atoms with E-state index in [-0.39, 0.29) is 11.8 Å². The number of hydrogen-bond donors (Lipinski definition) is 1. The van der Waals surface area contributed by atoms with Gasteiger partial charge in [-0.25, -0.2) is 0 Å². The van der Waals surface area contributed by atoms with Gasteiger partial charge in [-0.3, -0.25) is 14.6 Å². The Morgan fingerprint density at radius 1 is 1.42 bits per heavy atom. The van der Waals surface area contributed by atoms with Crippen LogP contribution in [0.25, 0.3) is 0 Å². The van der Waals surface area contributed by atoms with E-state index >= 15 is 0 Å². The van der Waals surface area contributed by atoms with Crippen LogP contribution in [0.15, 0.2) is 16.9 Å². The number of aldehydes is 1. The number of nitrogens with zero attached hydrogens (tertiary/aromatic N) is 2. The number of carbonyl (C=O) groups is 2. The first-order chi connectivity index (χ1) is 9.08. The van der Waals surface area contributed by atoms with Crippen molar-refractivity contribution in [3.05, 3.63) is 11.9 Å². The minimum atomic E-state index is 0.149. The van der Waals surface area contributed by atoms with Gasteiger partial charge >= 0.3 is 0 Å². The molecule has 0 bridgehead atoms. The highest BCUT2D eigenvalue weighted by Crippen LogP contribution is 2.08. The highest BCUT2D eigenvalue weighted by molar-refractivity contribution is 5.77. The van der Waals surface area contributed by atoms with Crippen molar-refractivity contribution in [1.29, 1.82) is 0 Å². The smallest absolute Gasteiger partial charge is 0.222 e. The standard InChI is InChI=1S/C14H25N3O2/c1-5-12(7-8-17(4)14(19)6-2)9-16-13(11-18)10-15-3/h9-12,15H,5-8H2,1-4H3/b13-10-,16-9?. The molecule has 1 atom stereocenters. The highest BCUT2D eigenvalue weighted by atomic mass is 16.2. The molecule has 0 fully saturated rings. The normalized spacial score (nSPS) is 13.4. The van der Waals surface area contributed by atoms with Gasteiger partial charge in [-0.2, -0.15) is 0 Å². The van der Waals surface area contributed by atoms with Crippen molar-refractivity contribution in [3.8, 4) is 0 Å². The van der Waals surface area contributed by atoms with Crippen molar-refractivity contribution < 1.29 is 9.59 Å². The van der Waals surface area contributed by atoms with Gasteiger partial charge in [0.25, 0.3) is 0 Å². The summed E-state index contributed by atoms with van der Waals surface area (Å²) in [5.74, 6) is 0.419. The van der Waals surface area contributed by atoms with E-state index in [0.29, 0.717) is 24.9 Å². The minimum absolute atomic E-state index is 0.149. The summed E-state index contributed by atoms with van der Waals surface area (Å²) in [5, 5.41) is 2.77. The van der Waals surface area contributed by atoms with Crippen LogP contribution < -0.4 is 5.32 Å². The molecule has 5 nitrogen and oxygen atoms in total. The summed E-state index contributed by atoms with van der Waals surface area (Å²) in [7, 11) is 3.54. The van der Waals surface area contributed by atoms with Crippen molar-refractivity contribution in [2.75, 3.05) is 20.6 Å². The Kier molecular flexibility index (Phi) is 9.40. The average Bonchev–Trinajstić information content (AvgIpc) is 2.44. The predicted molar refractivity (Wildman–Crippen MR) is 78.0 cm³/mol. The van der Waals surface area contributed by atoms with Crippen LogP contribution in [0.2, 0.25) is 0 Å². The highest BCUT2D eigenvalue weighted by Gasteiger charge is 2.09. The lowest BCUT2D eigenvalue weighted by molar-refractivity contribution is -0.129. The molecule has 0 saturated carbocycles. The first-order valence-electron chi connectivity index (χ1n) is 6.69. The van der Waals surface area contributed by atoms with Crippen LogP contribution in [-0.2, 0) is 9.59 Å². The summed E-state index contributed by atoms with van der Waals surface area (Å²) in [5.41, 5.74) is 0.374. The lowest BCUT2D eigenvalue weighted by Crippen LogP contribution is -2.28. The minimum Gasteiger partial charge on any atom is -0.392 e. The molecule has 19 heavy (non-hydrogen) atoms. The fraction of sp³-hybridized carbons (Fsp3) is 0.643. The maximum Gasteiger partial charge on any atom is 0.222 e. The zero-order valence-corrected chi connectivity index (χ0v) is 12.3. The van der Waals surface area contributed by atoms with Gasteiger partial charge in [0.05, 0.1) is 0 Å². The second-order valence-corrected chi connectivity index (χ2v) is 4.38. The summed E-state index contributed by atoms with van der Waals surface area (Å²) in [6.07, 6.45) is 6.39. The van der Waals surface area contributed by atoms with Gasteiger partial charge < -0.3 is 10.2 Å². The van der Waals surface area contributed by atoms with Crippen LogP contribution in [0.1, 0.15) is 33.1 Å². The number of nitrogens with one attached hydrogen (secondary N) is 1. The third kappa shape index (κ3) is 7.39. The van der Waals surface area contributed by atoms with E-state index in [9.17, 15) is 9.59 Å². The molecule has 0 rings (SSSR count). The Hall–Kier alpha value is -1.65. The average molecular weight is 267 g/mol. The maximum atomic E-state index is 11.4. The van der Waals surface area contributed by atoms with Crippen molar-refractivity contribution >= 4 is 18.4 Å². The molecule has 0 aliphatic rings. The van der Waals surface area contributed by atoms with Crippen LogP contribution in [-0.4, -0.2) is 43.9 Å². The van der Waals surface area contributed by atoms with Crippen molar-refractivity contribution in [3.63, 3.8) is 0 Å². The molecule has 0 aliphatic heterocycles. The number of amides is 1. The molecule has 1 amide bonds. The quantitative estimate of drug-likeness (QED) is 0.392. The zero-order chi connectivity index (χ0) is 14.7. The number of rotatable bonds is 9. The summed E-state index contributed by atoms with van der Waals surface area (Å²) >= 11 is 0. The molecule has 0 aromatic carbocycles. The van der Waals surface area contributed by atoms with E-state index in [1.807, 2.05) is 14.0 Å². The zero-order valence-electron chi connectivity index (χ0n) is 12.3. The molecule has 0 aromatic heterocycles. The van der Waals surface area contributed by atoms with Gasteiger partial charge in [-0.15, -0.1) is 0 Å². The van der Waals surface area contributed by atoms with Gasteiger partial charge in [0.2, 0.25) is 5.91 Å². The topological polar surface area (TPSA) is 61.8 Å². The van der Waals surface area contributed by atoms with Gasteiger partial charge in [0.1, 0.15) is 5.70 Å². The molecule has 5 heteroatoms. The van der Waals surface area contributed by atoms with Gasteiger partial charge in [0.15, 0.2) is 6.29 Å². The molecule has 108 valence electrons. The van der Waals surface area contributed by atoms with E-state index in [2.05, 4.69) is 17.2 Å². The van der Waals surface area contributed by atoms with Crippen molar-refractivity contribution in [2.24, 2.45) is 10.9 Å². The maximum absolute atomic E-state index is 11.4. The monoisotopic (exact) mass is 267 g/mol. The lowest BCUT2D eigenvalue weighted by atomic mass is 10.0. The van der Waals surface area contributed by atoms with E-state index in [1.54, 1.807) is 24.4 Å². The lowest BCUT2D eigenvalue weighted by Gasteiger charge is -2.18. The Morgan fingerprint density at radius 2 is 2.11 bits per heavy atom. The molecule has 0 spiro atoms. The molecule has 0 aromatic rings. The molecule has 0 aliphatic carbocycles. The number of aliphatic imine (C=N–C) groups is 1. The van der Waals surface area contributed by atoms with Crippen LogP contribution in [0.5, 0.6) is 0 Å². The van der Waals surface area contributed by atoms with E-state index in [1.165, 1.54) is 0 Å². The van der Waals surface area contributed by atoms with E-state index in [4.69, 9.17) is 0 Å². The van der Waals surface area contributed by atoms with Gasteiger partial charge in [-0.1, -0.05) is 13.8 Å². The summed E-state index contributed by atoms with van der Waals surface area (Å²) < 4.78 is 0. The predicted octanol–water partition coefficient (Wildman–Crippen LogP) is 1.60. The number of hydrogen-bond acceptors (Lipinski definition) is 4. The SMILES string of the molecule is CCC(=O)N(C)CCC(C=N/C(C=O)=C\NC)CC. The first-order valence-corrected chi connectivity index (χ1v) is 6.69. The van der Waals surface area contributed by atoms with Crippen LogP contribution >= 0.6 is 0 Å². The fourth-order valence-electron chi connectivity index (χ4n) is 1.58. The third-order valence-corrected chi connectivity index (χ3v) is 2.94. The third-order valence-electron chi connectivity index (χ3n) is 2.94. The molecule has 1 N–H and O–H groups in total. The fourth-order valence-corrected chi connectivity index (χ4v) is 1.58. The molecule has 0 heterocycles. The first kappa shape index (κ1) is 17.4. The number of allylic oxidation sites excluding steroid dienone is 1. The van der Waals surface area contributed by atoms with Gasteiger partial charge in [-0.05, 0) is 18.8 Å². The van der Waals surface area contributed by atoms with Crippen molar-refractivity contribution in [2.45, 2.75) is 33.1 Å². The molecular weight excluding hydrogens is 242 g/mol. The Balaban J connectivity index is 4.36. The Bertz CT molecular complexity index is 338. The van der Waals surface area contributed by atoms with Crippen molar-refractivity contribution in [1.82, 2.24) is 10.2 Å². The molecule has 1 unspecified atom stereocenters. The molecular formula is C14H25N3O2. The summed E-state index contributed by atoms with van der Waals surface area (Å²) in [4.78, 5) is 28.0. The second kappa shape index (κ2) is 10.3. The summed E-state index contributed by atoms with van der Waals surface area (Å²) in [6.45, 7) is 4.64. The van der Waals surface area contributed by atoms with E-state index < -0.39 is 0 Å². The van der Waals surface area contributed by atoms with E-state index in [0.717, 1.165) is 12.8 Å². The van der Waals surface area contributed by atoms with Gasteiger partial charge in [0, 0.05) is 39.5 Å². The largest absolute Gasteiger partial charge is 0.392 e. The van der Waals surface area contributed by atoms with Crippen LogP contribution in [0, 0.1) is 5.92 Å². The second-order valence-electron chi connectivity index (χ2n) is 4.38. The molecule has 0 radical (unpaired) electrons. The van der Waals surface area contributed by atoms with Crippen LogP contribution in [0.3, 0.4) is 0 Å². The Labute approximate surface area is 115 Å². The Morgan fingerprint density at radius 3 is 2.58 bits per heavy atom. The van der Waals surface area contributed by atoms with Crippen LogP contribution in [0.4, 0.5) is 0 Å². The summed E-state index contributed by atoms with van der Waals surface area (Å²) in [6, 6.07) is 0. The molecule has 0 saturated heterocycles. The number of carbonyl (C=O) groups excluding carboxylic acids is 2.